The minimum Gasteiger partial charge on any atom is -0.493 e. The zero-order chi connectivity index (χ0) is 29.9. The van der Waals surface area contributed by atoms with Crippen molar-refractivity contribution in [3.63, 3.8) is 0 Å². The van der Waals surface area contributed by atoms with E-state index >= 15 is 0 Å². The molecular formula is C31H20ClF3N4O3. The van der Waals surface area contributed by atoms with Gasteiger partial charge in [0.25, 0.3) is 5.56 Å². The molecule has 0 atom stereocenters. The summed E-state index contributed by atoms with van der Waals surface area (Å²) in [5.74, 6) is 0.425. The van der Waals surface area contributed by atoms with Crippen LogP contribution in [0.5, 0.6) is 11.5 Å². The van der Waals surface area contributed by atoms with Crippen molar-refractivity contribution >= 4 is 28.7 Å². The van der Waals surface area contributed by atoms with Gasteiger partial charge in [-0.15, -0.1) is 0 Å². The summed E-state index contributed by atoms with van der Waals surface area (Å²) in [7, 11) is 1.42. The van der Waals surface area contributed by atoms with Gasteiger partial charge in [-0.25, -0.2) is 4.98 Å². The Balaban J connectivity index is 1.55. The van der Waals surface area contributed by atoms with E-state index in [1.165, 1.54) is 31.5 Å². The molecule has 0 N–H and O–H groups in total. The molecule has 11 heteroatoms. The van der Waals surface area contributed by atoms with Crippen LogP contribution in [0.15, 0.2) is 94.8 Å². The summed E-state index contributed by atoms with van der Waals surface area (Å²) in [4.78, 5) is 17.9. The van der Waals surface area contributed by atoms with Crippen LogP contribution in [-0.2, 0) is 12.8 Å². The second-order valence-electron chi connectivity index (χ2n) is 8.98. The molecule has 5 rings (SSSR count). The van der Waals surface area contributed by atoms with E-state index in [9.17, 15) is 23.2 Å². The van der Waals surface area contributed by atoms with Crippen LogP contribution in [0.2, 0.25) is 5.02 Å². The van der Waals surface area contributed by atoms with Crippen LogP contribution in [0.4, 0.5) is 13.2 Å². The van der Waals surface area contributed by atoms with Gasteiger partial charge < -0.3 is 9.47 Å². The molecule has 5 aromatic rings. The van der Waals surface area contributed by atoms with E-state index in [4.69, 9.17) is 21.1 Å². The third-order valence-corrected chi connectivity index (χ3v) is 6.57. The highest BCUT2D eigenvalue weighted by molar-refractivity contribution is 6.32. The van der Waals surface area contributed by atoms with E-state index in [2.05, 4.69) is 16.2 Å². The Hall–Kier alpha value is -5.14. The molecule has 0 aliphatic carbocycles. The molecule has 0 amide bonds. The quantitative estimate of drug-likeness (QED) is 0.190. The number of alkyl halides is 3. The minimum absolute atomic E-state index is 0.0573. The Morgan fingerprint density at radius 2 is 1.81 bits per heavy atom. The second kappa shape index (κ2) is 11.8. The van der Waals surface area contributed by atoms with Crippen LogP contribution in [0.25, 0.3) is 22.3 Å². The van der Waals surface area contributed by atoms with Crippen LogP contribution in [-0.4, -0.2) is 23.0 Å². The van der Waals surface area contributed by atoms with Gasteiger partial charge in [0.2, 0.25) is 0 Å². The SMILES string of the molecule is COc1cc(C=Nn2c(-c3cccc(C(F)(F)F)c3)nc3ccccc3c2=O)cc(Cl)c1OCc1ccccc1C#N. The van der Waals surface area contributed by atoms with E-state index in [0.717, 1.165) is 16.8 Å². The number of para-hydroxylation sites is 1. The lowest BCUT2D eigenvalue weighted by Gasteiger charge is -2.14. The first-order valence-corrected chi connectivity index (χ1v) is 12.8. The van der Waals surface area contributed by atoms with Crippen molar-refractivity contribution in [2.24, 2.45) is 5.10 Å². The Morgan fingerprint density at radius 1 is 1.05 bits per heavy atom. The second-order valence-corrected chi connectivity index (χ2v) is 9.39. The molecule has 1 aromatic heterocycles. The van der Waals surface area contributed by atoms with E-state index in [1.54, 1.807) is 54.6 Å². The zero-order valence-corrected chi connectivity index (χ0v) is 22.6. The van der Waals surface area contributed by atoms with Crippen LogP contribution >= 0.6 is 11.6 Å². The normalized spacial score (nSPS) is 11.5. The van der Waals surface area contributed by atoms with E-state index in [1.807, 2.05) is 0 Å². The number of rotatable bonds is 7. The Morgan fingerprint density at radius 3 is 2.57 bits per heavy atom. The van der Waals surface area contributed by atoms with Crippen molar-refractivity contribution in [1.82, 2.24) is 9.66 Å². The summed E-state index contributed by atoms with van der Waals surface area (Å²) in [6.45, 7) is 0.0613. The topological polar surface area (TPSA) is 89.5 Å². The van der Waals surface area contributed by atoms with Gasteiger partial charge in [0.1, 0.15) is 6.61 Å². The predicted molar refractivity (Wildman–Crippen MR) is 153 cm³/mol. The molecule has 210 valence electrons. The highest BCUT2D eigenvalue weighted by Gasteiger charge is 2.31. The first kappa shape index (κ1) is 28.4. The summed E-state index contributed by atoms with van der Waals surface area (Å²) in [6.07, 6.45) is -3.27. The minimum atomic E-state index is -4.59. The van der Waals surface area contributed by atoms with Gasteiger partial charge in [0.15, 0.2) is 17.3 Å². The largest absolute Gasteiger partial charge is 0.493 e. The number of fused-ring (bicyclic) bond motifs is 1. The first-order chi connectivity index (χ1) is 20.2. The van der Waals surface area contributed by atoms with Crippen molar-refractivity contribution < 1.29 is 22.6 Å². The summed E-state index contributed by atoms with van der Waals surface area (Å²) in [5, 5.41) is 14.0. The van der Waals surface area contributed by atoms with E-state index in [-0.39, 0.29) is 39.9 Å². The Bertz CT molecular complexity index is 1930. The van der Waals surface area contributed by atoms with Crippen LogP contribution in [0.3, 0.4) is 0 Å². The van der Waals surface area contributed by atoms with Crippen molar-refractivity contribution in [3.8, 4) is 29.0 Å². The number of ether oxygens (including phenoxy) is 2. The van der Waals surface area contributed by atoms with E-state index < -0.39 is 17.3 Å². The third kappa shape index (κ3) is 5.82. The average Bonchev–Trinajstić information content (AvgIpc) is 2.99. The monoisotopic (exact) mass is 588 g/mol. The fraction of sp³-hybridized carbons (Fsp3) is 0.0968. The smallest absolute Gasteiger partial charge is 0.416 e. The summed E-state index contributed by atoms with van der Waals surface area (Å²) >= 11 is 6.51. The zero-order valence-electron chi connectivity index (χ0n) is 21.9. The van der Waals surface area contributed by atoms with Crippen LogP contribution in [0, 0.1) is 11.3 Å². The summed E-state index contributed by atoms with van der Waals surface area (Å²) in [6, 6.07) is 23.2. The fourth-order valence-corrected chi connectivity index (χ4v) is 4.51. The number of nitrogens with zero attached hydrogens (tertiary/aromatic N) is 4. The number of hydrogen-bond acceptors (Lipinski definition) is 6. The predicted octanol–water partition coefficient (Wildman–Crippen LogP) is 7.08. The highest BCUT2D eigenvalue weighted by atomic mass is 35.5. The van der Waals surface area contributed by atoms with Crippen molar-refractivity contribution in [2.75, 3.05) is 7.11 Å². The molecule has 0 radical (unpaired) electrons. The maximum atomic E-state index is 13.4. The molecule has 0 spiro atoms. The van der Waals surface area contributed by atoms with Gasteiger partial charge in [-0.1, -0.05) is 54.1 Å². The lowest BCUT2D eigenvalue weighted by molar-refractivity contribution is -0.137. The van der Waals surface area contributed by atoms with Crippen molar-refractivity contribution in [2.45, 2.75) is 12.8 Å². The van der Waals surface area contributed by atoms with Gasteiger partial charge in [-0.2, -0.15) is 28.2 Å². The number of hydrogen-bond donors (Lipinski definition) is 0. The summed E-state index contributed by atoms with van der Waals surface area (Å²) < 4.78 is 52.6. The molecule has 7 nitrogen and oxygen atoms in total. The average molecular weight is 589 g/mol. The maximum absolute atomic E-state index is 13.4. The number of benzene rings is 4. The fourth-order valence-electron chi connectivity index (χ4n) is 4.24. The van der Waals surface area contributed by atoms with Gasteiger partial charge in [0.05, 0.1) is 46.4 Å². The molecular weight excluding hydrogens is 569 g/mol. The lowest BCUT2D eigenvalue weighted by Crippen LogP contribution is -2.20. The highest BCUT2D eigenvalue weighted by Crippen LogP contribution is 2.37. The van der Waals surface area contributed by atoms with Crippen LogP contribution < -0.4 is 15.0 Å². The molecule has 0 aliphatic heterocycles. The third-order valence-electron chi connectivity index (χ3n) is 6.29. The maximum Gasteiger partial charge on any atom is 0.416 e. The Kier molecular flexibility index (Phi) is 7.95. The molecule has 4 aromatic carbocycles. The molecule has 0 unspecified atom stereocenters. The standard InChI is InChI=1S/C31H20ClF3N4O3/c1-41-27-14-19(13-25(32)28(27)42-18-22-8-3-2-7-21(22)16-36)17-37-39-29(20-9-6-10-23(15-20)31(33,34)35)38-26-12-5-4-11-24(26)30(39)40/h2-15,17H,18H2,1H3. The van der Waals surface area contributed by atoms with Gasteiger partial charge >= 0.3 is 6.18 Å². The molecule has 0 saturated heterocycles. The van der Waals surface area contributed by atoms with Crippen LogP contribution in [0.1, 0.15) is 22.3 Å². The number of halogens is 4. The molecule has 1 heterocycles. The number of nitriles is 1. The first-order valence-electron chi connectivity index (χ1n) is 12.4. The molecule has 0 bridgehead atoms. The van der Waals surface area contributed by atoms with E-state index in [0.29, 0.717) is 22.2 Å². The van der Waals surface area contributed by atoms with Gasteiger partial charge in [-0.05, 0) is 48.0 Å². The van der Waals surface area contributed by atoms with Gasteiger partial charge in [-0.3, -0.25) is 4.79 Å². The number of aromatic nitrogens is 2. The molecule has 0 saturated carbocycles. The lowest BCUT2D eigenvalue weighted by atomic mass is 10.1. The van der Waals surface area contributed by atoms with Gasteiger partial charge in [0, 0.05) is 11.1 Å². The van der Waals surface area contributed by atoms with Crippen molar-refractivity contribution in [3.05, 3.63) is 123 Å². The molecule has 42 heavy (non-hydrogen) atoms. The number of methoxy groups -OCH3 is 1. The Labute approximate surface area is 242 Å². The molecule has 0 aliphatic rings. The summed E-state index contributed by atoms with van der Waals surface area (Å²) in [5.41, 5.74) is 0.446. The molecule has 0 fully saturated rings. The van der Waals surface area contributed by atoms with Crippen molar-refractivity contribution in [1.29, 1.82) is 5.26 Å².